The third-order valence-corrected chi connectivity index (χ3v) is 5.16. The van der Waals surface area contributed by atoms with Crippen LogP contribution >= 0.6 is 15.9 Å². The molecule has 1 unspecified atom stereocenters. The Morgan fingerprint density at radius 1 is 1.07 bits per heavy atom. The summed E-state index contributed by atoms with van der Waals surface area (Å²) < 4.78 is 5.97. The average Bonchev–Trinajstić information content (AvgIpc) is 3.45. The normalized spacial score (nSPS) is 16.5. The molecule has 1 aliphatic rings. The predicted molar refractivity (Wildman–Crippen MR) is 109 cm³/mol. The molecule has 0 fully saturated rings. The highest BCUT2D eigenvalue weighted by Crippen LogP contribution is 2.34. The van der Waals surface area contributed by atoms with Crippen molar-refractivity contribution in [2.24, 2.45) is 5.10 Å². The Morgan fingerprint density at radius 2 is 1.86 bits per heavy atom. The number of aromatic amines is 1. The number of carbonyl (C=O) groups excluding carboxylic acids is 1. The van der Waals surface area contributed by atoms with Crippen LogP contribution in [-0.4, -0.2) is 26.6 Å². The maximum absolute atomic E-state index is 13.1. The molecular formula is C21H15BrN4O2. The third kappa shape index (κ3) is 2.93. The van der Waals surface area contributed by atoms with Gasteiger partial charge in [0.25, 0.3) is 0 Å². The van der Waals surface area contributed by atoms with E-state index in [9.17, 15) is 4.79 Å². The number of furan rings is 1. The van der Waals surface area contributed by atoms with Crippen molar-refractivity contribution < 1.29 is 9.21 Å². The Labute approximate surface area is 169 Å². The monoisotopic (exact) mass is 434 g/mol. The molecule has 0 aliphatic carbocycles. The molecule has 1 atom stereocenters. The first kappa shape index (κ1) is 16.9. The van der Waals surface area contributed by atoms with Crippen molar-refractivity contribution in [1.82, 2.24) is 15.0 Å². The number of hydrogen-bond donors (Lipinski definition) is 1. The molecule has 0 saturated heterocycles. The van der Waals surface area contributed by atoms with Crippen LogP contribution in [0.1, 0.15) is 34.4 Å². The molecule has 1 aliphatic heterocycles. The minimum atomic E-state index is -0.334. The molecule has 138 valence electrons. The van der Waals surface area contributed by atoms with Crippen LogP contribution in [0.25, 0.3) is 11.0 Å². The van der Waals surface area contributed by atoms with E-state index in [1.54, 1.807) is 12.1 Å². The first-order chi connectivity index (χ1) is 13.7. The van der Waals surface area contributed by atoms with Crippen molar-refractivity contribution in [3.8, 4) is 0 Å². The lowest BCUT2D eigenvalue weighted by molar-refractivity contribution is 0.0671. The number of carbonyl (C=O) groups is 1. The van der Waals surface area contributed by atoms with Gasteiger partial charge in [-0.15, -0.1) is 0 Å². The van der Waals surface area contributed by atoms with E-state index in [0.717, 1.165) is 22.3 Å². The van der Waals surface area contributed by atoms with Crippen molar-refractivity contribution >= 4 is 38.6 Å². The highest BCUT2D eigenvalue weighted by Gasteiger charge is 2.36. The number of H-pyrrole nitrogens is 1. The van der Waals surface area contributed by atoms with E-state index in [4.69, 9.17) is 9.40 Å². The standard InChI is InChI=1S/C21H15BrN4O2/c22-19-11-10-18(28-19)21(27)26-17(12-16(25-26)13-6-2-1-3-7-13)20-23-14-8-4-5-9-15(14)24-20/h1-11,17H,12H2,(H,23,24). The quantitative estimate of drug-likeness (QED) is 0.497. The number of benzene rings is 2. The van der Waals surface area contributed by atoms with Crippen molar-refractivity contribution in [2.45, 2.75) is 12.5 Å². The van der Waals surface area contributed by atoms with Gasteiger partial charge in [0, 0.05) is 6.42 Å². The number of hydrogen-bond acceptors (Lipinski definition) is 4. The second kappa shape index (κ2) is 6.76. The van der Waals surface area contributed by atoms with Crippen molar-refractivity contribution in [2.75, 3.05) is 0 Å². The van der Waals surface area contributed by atoms with E-state index < -0.39 is 0 Å². The average molecular weight is 435 g/mol. The van der Waals surface area contributed by atoms with Crippen LogP contribution < -0.4 is 0 Å². The van der Waals surface area contributed by atoms with Crippen LogP contribution in [0, 0.1) is 0 Å². The van der Waals surface area contributed by atoms with Gasteiger partial charge in [0.05, 0.1) is 16.7 Å². The van der Waals surface area contributed by atoms with Gasteiger partial charge in [-0.3, -0.25) is 4.79 Å². The summed E-state index contributed by atoms with van der Waals surface area (Å²) in [6.45, 7) is 0. The summed E-state index contributed by atoms with van der Waals surface area (Å²) in [5.74, 6) is 0.628. The number of aromatic nitrogens is 2. The molecule has 2 aromatic carbocycles. The molecule has 0 radical (unpaired) electrons. The Balaban J connectivity index is 1.57. The fraction of sp³-hybridized carbons (Fsp3) is 0.0952. The molecule has 0 bridgehead atoms. The van der Waals surface area contributed by atoms with Crippen LogP contribution in [0.3, 0.4) is 0 Å². The Bertz CT molecular complexity index is 1160. The summed E-state index contributed by atoms with van der Waals surface area (Å²) in [6, 6.07) is 20.7. The number of para-hydroxylation sites is 2. The molecule has 4 aromatic rings. The van der Waals surface area contributed by atoms with Crippen molar-refractivity contribution in [3.63, 3.8) is 0 Å². The molecule has 3 heterocycles. The smallest absolute Gasteiger partial charge is 0.310 e. The SMILES string of the molecule is O=C(c1ccc(Br)o1)N1N=C(c2ccccc2)CC1c1nc2ccccc2[nH]1. The third-order valence-electron chi connectivity index (χ3n) is 4.73. The zero-order valence-electron chi connectivity index (χ0n) is 14.7. The Hall–Kier alpha value is -3.19. The van der Waals surface area contributed by atoms with Gasteiger partial charge >= 0.3 is 5.91 Å². The van der Waals surface area contributed by atoms with Crippen LogP contribution in [0.2, 0.25) is 0 Å². The van der Waals surface area contributed by atoms with Crippen LogP contribution in [0.15, 0.2) is 80.9 Å². The largest absolute Gasteiger partial charge is 0.444 e. The number of nitrogens with one attached hydrogen (secondary N) is 1. The molecule has 1 amide bonds. The first-order valence-corrected chi connectivity index (χ1v) is 9.65. The highest BCUT2D eigenvalue weighted by atomic mass is 79.9. The fourth-order valence-electron chi connectivity index (χ4n) is 3.39. The fourth-order valence-corrected chi connectivity index (χ4v) is 3.69. The van der Waals surface area contributed by atoms with Gasteiger partial charge in [0.15, 0.2) is 10.4 Å². The van der Waals surface area contributed by atoms with Gasteiger partial charge in [-0.25, -0.2) is 9.99 Å². The zero-order chi connectivity index (χ0) is 19.1. The molecule has 0 spiro atoms. The van der Waals surface area contributed by atoms with Gasteiger partial charge in [-0.2, -0.15) is 5.10 Å². The number of imidazole rings is 1. The maximum Gasteiger partial charge on any atom is 0.310 e. The topological polar surface area (TPSA) is 74.5 Å². The number of hydrazone groups is 1. The van der Waals surface area contributed by atoms with Gasteiger partial charge in [0.2, 0.25) is 0 Å². The van der Waals surface area contributed by atoms with Crippen LogP contribution in [0.4, 0.5) is 0 Å². The zero-order valence-corrected chi connectivity index (χ0v) is 16.3. The first-order valence-electron chi connectivity index (χ1n) is 8.85. The van der Waals surface area contributed by atoms with E-state index in [0.29, 0.717) is 16.9 Å². The molecular weight excluding hydrogens is 420 g/mol. The van der Waals surface area contributed by atoms with Crippen molar-refractivity contribution in [1.29, 1.82) is 0 Å². The second-order valence-corrected chi connectivity index (χ2v) is 7.31. The molecule has 0 saturated carbocycles. The molecule has 1 N–H and O–H groups in total. The van der Waals surface area contributed by atoms with Crippen molar-refractivity contribution in [3.05, 3.63) is 88.5 Å². The van der Waals surface area contributed by atoms with Gasteiger partial charge in [0.1, 0.15) is 11.9 Å². The minimum Gasteiger partial charge on any atom is -0.444 e. The van der Waals surface area contributed by atoms with E-state index >= 15 is 0 Å². The summed E-state index contributed by atoms with van der Waals surface area (Å²) in [5, 5.41) is 6.10. The second-order valence-electron chi connectivity index (χ2n) is 6.53. The lowest BCUT2D eigenvalue weighted by Gasteiger charge is -2.18. The van der Waals surface area contributed by atoms with E-state index in [-0.39, 0.29) is 17.7 Å². The Kier molecular flexibility index (Phi) is 4.09. The summed E-state index contributed by atoms with van der Waals surface area (Å²) >= 11 is 3.25. The summed E-state index contributed by atoms with van der Waals surface area (Å²) in [5.41, 5.74) is 3.61. The van der Waals surface area contributed by atoms with E-state index in [2.05, 4.69) is 26.0 Å². The minimum absolute atomic E-state index is 0.228. The van der Waals surface area contributed by atoms with Crippen LogP contribution in [0.5, 0.6) is 0 Å². The summed E-state index contributed by atoms with van der Waals surface area (Å²) in [7, 11) is 0. The molecule has 2 aromatic heterocycles. The van der Waals surface area contributed by atoms with Gasteiger partial charge in [-0.1, -0.05) is 42.5 Å². The highest BCUT2D eigenvalue weighted by molar-refractivity contribution is 9.10. The summed E-state index contributed by atoms with van der Waals surface area (Å²) in [6.07, 6.45) is 0.567. The summed E-state index contributed by atoms with van der Waals surface area (Å²) in [4.78, 5) is 21.1. The lowest BCUT2D eigenvalue weighted by Crippen LogP contribution is -2.27. The predicted octanol–water partition coefficient (Wildman–Crippen LogP) is 4.91. The number of nitrogens with zero attached hydrogens (tertiary/aromatic N) is 3. The number of rotatable bonds is 3. The molecule has 6 nitrogen and oxygen atoms in total. The van der Waals surface area contributed by atoms with E-state index in [1.807, 2.05) is 54.6 Å². The number of amides is 1. The number of halogens is 1. The molecule has 5 rings (SSSR count). The Morgan fingerprint density at radius 3 is 2.61 bits per heavy atom. The molecule has 7 heteroatoms. The molecule has 28 heavy (non-hydrogen) atoms. The van der Waals surface area contributed by atoms with Gasteiger partial charge in [-0.05, 0) is 45.8 Å². The number of fused-ring (bicyclic) bond motifs is 1. The van der Waals surface area contributed by atoms with Gasteiger partial charge < -0.3 is 9.40 Å². The maximum atomic E-state index is 13.1. The lowest BCUT2D eigenvalue weighted by atomic mass is 10.0. The van der Waals surface area contributed by atoms with E-state index in [1.165, 1.54) is 5.01 Å². The van der Waals surface area contributed by atoms with Crippen LogP contribution in [-0.2, 0) is 0 Å².